The summed E-state index contributed by atoms with van der Waals surface area (Å²) in [4.78, 5) is 9.04. The first-order chi connectivity index (χ1) is 9.45. The molecule has 19 heavy (non-hydrogen) atoms. The fraction of sp³-hybridized carbons (Fsp3) is 0.750. The predicted octanol–water partition coefficient (Wildman–Crippen LogP) is 4.25. The lowest BCUT2D eigenvalue weighted by molar-refractivity contribution is 0.486. The number of hydrogen-bond acceptors (Lipinski definition) is 2. The SMILES string of the molecule is c1cnc(P(C2CCCCC2)C2CCCCC2)cn1. The zero-order valence-electron chi connectivity index (χ0n) is 11.8. The molecule has 104 valence electrons. The molecular formula is C16H25N2P. The highest BCUT2D eigenvalue weighted by Gasteiger charge is 2.33. The van der Waals surface area contributed by atoms with Gasteiger partial charge in [0.2, 0.25) is 0 Å². The normalized spacial score (nSPS) is 22.8. The molecule has 1 aromatic heterocycles. The fourth-order valence-electron chi connectivity index (χ4n) is 3.82. The average Bonchev–Trinajstić information content (AvgIpc) is 2.51. The maximum Gasteiger partial charge on any atom is 0.0818 e. The van der Waals surface area contributed by atoms with Gasteiger partial charge >= 0.3 is 0 Å². The second-order valence-electron chi connectivity index (χ2n) is 6.05. The van der Waals surface area contributed by atoms with Crippen molar-refractivity contribution < 1.29 is 0 Å². The third-order valence-corrected chi connectivity index (χ3v) is 8.12. The number of nitrogens with zero attached hydrogens (tertiary/aromatic N) is 2. The summed E-state index contributed by atoms with van der Waals surface area (Å²) in [7, 11) is -0.0657. The first kappa shape index (κ1) is 13.5. The molecule has 0 saturated heterocycles. The van der Waals surface area contributed by atoms with Crippen LogP contribution in [-0.4, -0.2) is 21.3 Å². The average molecular weight is 276 g/mol. The molecule has 0 unspecified atom stereocenters. The van der Waals surface area contributed by atoms with Crippen LogP contribution in [0.25, 0.3) is 0 Å². The standard InChI is InChI=1S/C16H25N2P/c1-3-7-14(8-4-1)19(15-9-5-2-6-10-15)16-13-17-11-12-18-16/h11-15H,1-10H2. The van der Waals surface area contributed by atoms with E-state index in [1.54, 1.807) is 0 Å². The second kappa shape index (κ2) is 6.79. The van der Waals surface area contributed by atoms with Gasteiger partial charge in [0.1, 0.15) is 0 Å². The van der Waals surface area contributed by atoms with Crippen molar-refractivity contribution in [2.24, 2.45) is 0 Å². The van der Waals surface area contributed by atoms with Crippen molar-refractivity contribution in [2.45, 2.75) is 75.5 Å². The molecule has 0 atom stereocenters. The Kier molecular flexibility index (Phi) is 4.82. The van der Waals surface area contributed by atoms with Crippen molar-refractivity contribution in [1.29, 1.82) is 0 Å². The molecule has 0 aromatic carbocycles. The lowest BCUT2D eigenvalue weighted by Gasteiger charge is -2.37. The minimum atomic E-state index is -0.0657. The molecule has 0 aliphatic heterocycles. The Hall–Kier alpha value is -0.490. The van der Waals surface area contributed by atoms with E-state index in [4.69, 9.17) is 4.98 Å². The summed E-state index contributed by atoms with van der Waals surface area (Å²) in [6, 6.07) is 0. The van der Waals surface area contributed by atoms with Crippen LogP contribution in [0.2, 0.25) is 0 Å². The highest BCUT2D eigenvalue weighted by Crippen LogP contribution is 2.54. The van der Waals surface area contributed by atoms with E-state index < -0.39 is 0 Å². The summed E-state index contributed by atoms with van der Waals surface area (Å²) >= 11 is 0. The molecule has 3 rings (SSSR count). The molecule has 3 heteroatoms. The first-order valence-corrected chi connectivity index (χ1v) is 9.47. The van der Waals surface area contributed by atoms with Crippen LogP contribution < -0.4 is 5.44 Å². The van der Waals surface area contributed by atoms with E-state index in [0.717, 1.165) is 11.3 Å². The first-order valence-electron chi connectivity index (χ1n) is 7.99. The minimum absolute atomic E-state index is 0.0657. The third kappa shape index (κ3) is 3.34. The molecule has 2 saturated carbocycles. The molecule has 2 aliphatic rings. The smallest absolute Gasteiger partial charge is 0.0818 e. The second-order valence-corrected chi connectivity index (χ2v) is 8.79. The van der Waals surface area contributed by atoms with Crippen LogP contribution in [0.1, 0.15) is 64.2 Å². The zero-order valence-corrected chi connectivity index (χ0v) is 12.7. The van der Waals surface area contributed by atoms with Gasteiger partial charge in [-0.2, -0.15) is 0 Å². The van der Waals surface area contributed by atoms with Crippen LogP contribution in [0.3, 0.4) is 0 Å². The summed E-state index contributed by atoms with van der Waals surface area (Å²) in [6.45, 7) is 0. The van der Waals surface area contributed by atoms with E-state index in [9.17, 15) is 0 Å². The molecule has 2 fully saturated rings. The Labute approximate surface area is 118 Å². The molecule has 0 bridgehead atoms. The van der Waals surface area contributed by atoms with Gasteiger partial charge in [-0.1, -0.05) is 38.5 Å². The quantitative estimate of drug-likeness (QED) is 0.771. The van der Waals surface area contributed by atoms with Crippen molar-refractivity contribution in [3.05, 3.63) is 18.6 Å². The maximum atomic E-state index is 4.70. The van der Waals surface area contributed by atoms with E-state index in [0.29, 0.717) is 0 Å². The van der Waals surface area contributed by atoms with E-state index in [1.807, 2.05) is 12.4 Å². The van der Waals surface area contributed by atoms with E-state index >= 15 is 0 Å². The lowest BCUT2D eigenvalue weighted by Crippen LogP contribution is -2.27. The van der Waals surface area contributed by atoms with Gasteiger partial charge in [0, 0.05) is 12.4 Å². The Morgan fingerprint density at radius 1 is 0.789 bits per heavy atom. The van der Waals surface area contributed by atoms with Gasteiger partial charge in [0.05, 0.1) is 11.6 Å². The van der Waals surface area contributed by atoms with Gasteiger partial charge in [-0.3, -0.25) is 9.97 Å². The van der Waals surface area contributed by atoms with Crippen LogP contribution >= 0.6 is 7.92 Å². The summed E-state index contributed by atoms with van der Waals surface area (Å²) in [6.07, 6.45) is 20.2. The molecule has 1 heterocycles. The van der Waals surface area contributed by atoms with Crippen molar-refractivity contribution in [1.82, 2.24) is 9.97 Å². The number of hydrogen-bond donors (Lipinski definition) is 0. The minimum Gasteiger partial charge on any atom is -0.261 e. The number of rotatable bonds is 3. The molecule has 0 amide bonds. The Balaban J connectivity index is 1.81. The monoisotopic (exact) mass is 276 g/mol. The van der Waals surface area contributed by atoms with Crippen molar-refractivity contribution in [2.75, 3.05) is 0 Å². The third-order valence-electron chi connectivity index (χ3n) is 4.75. The molecular weight excluding hydrogens is 251 g/mol. The van der Waals surface area contributed by atoms with Gasteiger partial charge in [-0.25, -0.2) is 0 Å². The van der Waals surface area contributed by atoms with Gasteiger partial charge in [0.25, 0.3) is 0 Å². The molecule has 2 aliphatic carbocycles. The lowest BCUT2D eigenvalue weighted by atomic mass is 9.99. The summed E-state index contributed by atoms with van der Waals surface area (Å²) in [5, 5.41) is 0. The maximum absolute atomic E-state index is 4.70. The van der Waals surface area contributed by atoms with Gasteiger partial charge in [-0.05, 0) is 44.9 Å². The summed E-state index contributed by atoms with van der Waals surface area (Å²) < 4.78 is 0. The topological polar surface area (TPSA) is 25.8 Å². The van der Waals surface area contributed by atoms with Gasteiger partial charge < -0.3 is 0 Å². The van der Waals surface area contributed by atoms with Crippen LogP contribution in [-0.2, 0) is 0 Å². The van der Waals surface area contributed by atoms with E-state index in [1.165, 1.54) is 69.6 Å². The molecule has 1 aromatic rings. The van der Waals surface area contributed by atoms with E-state index in [2.05, 4.69) is 11.2 Å². The Morgan fingerprint density at radius 3 is 1.84 bits per heavy atom. The van der Waals surface area contributed by atoms with E-state index in [-0.39, 0.29) is 7.92 Å². The van der Waals surface area contributed by atoms with Gasteiger partial charge in [0.15, 0.2) is 0 Å². The Morgan fingerprint density at radius 2 is 1.37 bits per heavy atom. The van der Waals surface area contributed by atoms with Crippen molar-refractivity contribution in [3.63, 3.8) is 0 Å². The summed E-state index contributed by atoms with van der Waals surface area (Å²) in [5.74, 6) is 0. The molecule has 0 N–H and O–H groups in total. The van der Waals surface area contributed by atoms with Crippen molar-refractivity contribution in [3.8, 4) is 0 Å². The molecule has 0 spiro atoms. The largest absolute Gasteiger partial charge is 0.261 e. The van der Waals surface area contributed by atoms with Crippen LogP contribution in [0.5, 0.6) is 0 Å². The van der Waals surface area contributed by atoms with Crippen LogP contribution in [0, 0.1) is 0 Å². The number of aromatic nitrogens is 2. The van der Waals surface area contributed by atoms with Crippen LogP contribution in [0.4, 0.5) is 0 Å². The van der Waals surface area contributed by atoms with Crippen molar-refractivity contribution >= 4 is 13.4 Å². The van der Waals surface area contributed by atoms with Crippen LogP contribution in [0.15, 0.2) is 18.6 Å². The Bertz CT molecular complexity index is 352. The highest BCUT2D eigenvalue weighted by molar-refractivity contribution is 7.66. The zero-order chi connectivity index (χ0) is 12.9. The predicted molar refractivity (Wildman–Crippen MR) is 82.3 cm³/mol. The molecule has 0 radical (unpaired) electrons. The van der Waals surface area contributed by atoms with Gasteiger partial charge in [-0.15, -0.1) is 0 Å². The fourth-order valence-corrected chi connectivity index (χ4v) is 7.40. The summed E-state index contributed by atoms with van der Waals surface area (Å²) in [5.41, 5.74) is 3.21. The highest BCUT2D eigenvalue weighted by atomic mass is 31.1. The molecule has 2 nitrogen and oxygen atoms in total.